The summed E-state index contributed by atoms with van der Waals surface area (Å²) < 4.78 is 6.44. The summed E-state index contributed by atoms with van der Waals surface area (Å²) >= 11 is 0. The number of ether oxygens (including phenoxy) is 1. The van der Waals surface area contributed by atoms with Crippen LogP contribution in [-0.4, -0.2) is 27.9 Å². The van der Waals surface area contributed by atoms with E-state index in [2.05, 4.69) is 10.4 Å². The number of rotatable bonds is 6. The molecule has 0 saturated heterocycles. The maximum absolute atomic E-state index is 12.8. The summed E-state index contributed by atoms with van der Waals surface area (Å²) in [6, 6.07) is 11.8. The first-order valence-electron chi connectivity index (χ1n) is 9.04. The Kier molecular flexibility index (Phi) is 5.63. The van der Waals surface area contributed by atoms with Crippen molar-refractivity contribution in [3.8, 4) is 11.5 Å². The number of phenols is 1. The van der Waals surface area contributed by atoms with Crippen LogP contribution in [0.25, 0.3) is 10.8 Å². The first-order valence-corrected chi connectivity index (χ1v) is 9.04. The highest BCUT2D eigenvalue weighted by atomic mass is 16.5. The van der Waals surface area contributed by atoms with Crippen molar-refractivity contribution in [1.29, 1.82) is 0 Å². The number of carbonyl (C=O) groups is 1. The van der Waals surface area contributed by atoms with Crippen molar-refractivity contribution in [3.63, 3.8) is 0 Å². The first kappa shape index (κ1) is 19.4. The molecule has 1 amide bonds. The Balaban J connectivity index is 1.92. The summed E-state index contributed by atoms with van der Waals surface area (Å²) in [4.78, 5) is 25.5. The van der Waals surface area contributed by atoms with E-state index in [0.717, 1.165) is 5.56 Å². The number of nitrogens with zero attached hydrogens (tertiary/aromatic N) is 2. The number of amides is 1. The standard InChI is InChI=1S/C21H23N3O4/c1-13(2)12-24-21(27)16-7-5-4-6-15(16)19(23-24)20(26)22-11-14-8-9-17(25)18(10-14)28-3/h4-10,13,25H,11-12H2,1-3H3,(H,22,26). The van der Waals surface area contributed by atoms with Gasteiger partial charge in [-0.15, -0.1) is 0 Å². The molecule has 28 heavy (non-hydrogen) atoms. The third-order valence-corrected chi connectivity index (χ3v) is 4.32. The van der Waals surface area contributed by atoms with E-state index in [9.17, 15) is 14.7 Å². The van der Waals surface area contributed by atoms with E-state index in [1.54, 1.807) is 36.4 Å². The van der Waals surface area contributed by atoms with Gasteiger partial charge in [-0.2, -0.15) is 5.10 Å². The van der Waals surface area contributed by atoms with Crippen LogP contribution in [0.5, 0.6) is 11.5 Å². The number of benzene rings is 2. The highest BCUT2D eigenvalue weighted by Gasteiger charge is 2.17. The number of hydrogen-bond acceptors (Lipinski definition) is 5. The molecule has 1 heterocycles. The molecule has 0 bridgehead atoms. The van der Waals surface area contributed by atoms with Gasteiger partial charge in [0.15, 0.2) is 17.2 Å². The van der Waals surface area contributed by atoms with Gasteiger partial charge in [0, 0.05) is 18.5 Å². The van der Waals surface area contributed by atoms with Crippen molar-refractivity contribution in [2.24, 2.45) is 5.92 Å². The zero-order valence-electron chi connectivity index (χ0n) is 16.1. The van der Waals surface area contributed by atoms with Crippen molar-refractivity contribution in [2.75, 3.05) is 7.11 Å². The van der Waals surface area contributed by atoms with E-state index in [0.29, 0.717) is 23.1 Å². The number of carbonyl (C=O) groups excluding carboxylic acids is 1. The molecule has 3 aromatic rings. The Morgan fingerprint density at radius 2 is 1.93 bits per heavy atom. The minimum Gasteiger partial charge on any atom is -0.504 e. The summed E-state index contributed by atoms with van der Waals surface area (Å²) in [5.41, 5.74) is 0.772. The smallest absolute Gasteiger partial charge is 0.274 e. The third kappa shape index (κ3) is 3.98. The SMILES string of the molecule is COc1cc(CNC(=O)c2nn(CC(C)C)c(=O)c3ccccc23)ccc1O. The van der Waals surface area contributed by atoms with Crippen molar-refractivity contribution >= 4 is 16.7 Å². The largest absolute Gasteiger partial charge is 0.504 e. The van der Waals surface area contributed by atoms with Gasteiger partial charge in [0.05, 0.1) is 12.5 Å². The monoisotopic (exact) mass is 381 g/mol. The molecule has 0 fully saturated rings. The van der Waals surface area contributed by atoms with Crippen LogP contribution in [0, 0.1) is 5.92 Å². The molecule has 0 unspecified atom stereocenters. The zero-order valence-corrected chi connectivity index (χ0v) is 16.1. The van der Waals surface area contributed by atoms with Crippen LogP contribution in [0.3, 0.4) is 0 Å². The molecule has 1 aromatic heterocycles. The van der Waals surface area contributed by atoms with E-state index in [-0.39, 0.29) is 35.4 Å². The lowest BCUT2D eigenvalue weighted by Crippen LogP contribution is -2.31. The number of phenolic OH excluding ortho intramolecular Hbond substituents is 1. The van der Waals surface area contributed by atoms with Crippen LogP contribution >= 0.6 is 0 Å². The van der Waals surface area contributed by atoms with E-state index in [1.807, 2.05) is 13.8 Å². The van der Waals surface area contributed by atoms with Crippen LogP contribution in [0.1, 0.15) is 29.9 Å². The van der Waals surface area contributed by atoms with Crippen LogP contribution < -0.4 is 15.6 Å². The first-order chi connectivity index (χ1) is 13.4. The molecule has 2 N–H and O–H groups in total. The Morgan fingerprint density at radius 3 is 2.61 bits per heavy atom. The van der Waals surface area contributed by atoms with Crippen molar-refractivity contribution in [3.05, 3.63) is 64.1 Å². The molecule has 7 nitrogen and oxygen atoms in total. The van der Waals surface area contributed by atoms with Crippen molar-refractivity contribution in [2.45, 2.75) is 26.9 Å². The highest BCUT2D eigenvalue weighted by Crippen LogP contribution is 2.26. The predicted molar refractivity (Wildman–Crippen MR) is 107 cm³/mol. The molecule has 3 rings (SSSR count). The number of hydrogen-bond donors (Lipinski definition) is 2. The van der Waals surface area contributed by atoms with E-state index < -0.39 is 0 Å². The normalized spacial score (nSPS) is 11.0. The second-order valence-electron chi connectivity index (χ2n) is 6.96. The molecule has 0 spiro atoms. The van der Waals surface area contributed by atoms with Gasteiger partial charge in [0.25, 0.3) is 11.5 Å². The molecule has 2 aromatic carbocycles. The van der Waals surface area contributed by atoms with Gasteiger partial charge in [0.1, 0.15) is 0 Å². The lowest BCUT2D eigenvalue weighted by atomic mass is 10.1. The van der Waals surface area contributed by atoms with Crippen molar-refractivity contribution < 1.29 is 14.6 Å². The Labute approximate surface area is 162 Å². The number of fused-ring (bicyclic) bond motifs is 1. The maximum Gasteiger partial charge on any atom is 0.274 e. The minimum absolute atomic E-state index is 0.0333. The average Bonchev–Trinajstić information content (AvgIpc) is 2.69. The number of aromatic hydroxyl groups is 1. The van der Waals surface area contributed by atoms with Gasteiger partial charge in [-0.1, -0.05) is 38.1 Å². The lowest BCUT2D eigenvalue weighted by molar-refractivity contribution is 0.0945. The van der Waals surface area contributed by atoms with Gasteiger partial charge >= 0.3 is 0 Å². The highest BCUT2D eigenvalue weighted by molar-refractivity contribution is 6.04. The van der Waals surface area contributed by atoms with Gasteiger partial charge in [0.2, 0.25) is 0 Å². The Morgan fingerprint density at radius 1 is 1.21 bits per heavy atom. The van der Waals surface area contributed by atoms with E-state index in [4.69, 9.17) is 4.74 Å². The third-order valence-electron chi connectivity index (χ3n) is 4.32. The summed E-state index contributed by atoms with van der Waals surface area (Å²) in [5.74, 6) is 0.208. The molecule has 0 aliphatic rings. The minimum atomic E-state index is -0.374. The molecular formula is C21H23N3O4. The average molecular weight is 381 g/mol. The zero-order chi connectivity index (χ0) is 20.3. The molecule has 0 saturated carbocycles. The molecule has 0 aliphatic heterocycles. The van der Waals surface area contributed by atoms with Gasteiger partial charge in [-0.3, -0.25) is 9.59 Å². The quantitative estimate of drug-likeness (QED) is 0.685. The summed E-state index contributed by atoms with van der Waals surface area (Å²) in [5, 5.41) is 17.8. The lowest BCUT2D eigenvalue weighted by Gasteiger charge is -2.13. The fraction of sp³-hybridized carbons (Fsp3) is 0.286. The Bertz CT molecular complexity index is 1070. The Hall–Kier alpha value is -3.35. The van der Waals surface area contributed by atoms with Gasteiger partial charge in [-0.05, 0) is 29.7 Å². The number of methoxy groups -OCH3 is 1. The molecule has 146 valence electrons. The molecule has 0 radical (unpaired) electrons. The van der Waals surface area contributed by atoms with Gasteiger partial charge < -0.3 is 15.2 Å². The molecule has 0 aliphatic carbocycles. The van der Waals surface area contributed by atoms with Crippen LogP contribution in [0.15, 0.2) is 47.3 Å². The number of nitrogens with one attached hydrogen (secondary N) is 1. The van der Waals surface area contributed by atoms with E-state index in [1.165, 1.54) is 17.9 Å². The van der Waals surface area contributed by atoms with Crippen molar-refractivity contribution in [1.82, 2.24) is 15.1 Å². The predicted octanol–water partition coefficient (Wildman–Crippen LogP) is 2.70. The molecule has 0 atom stereocenters. The topological polar surface area (TPSA) is 93.5 Å². The second-order valence-corrected chi connectivity index (χ2v) is 6.96. The fourth-order valence-corrected chi connectivity index (χ4v) is 2.97. The van der Waals surface area contributed by atoms with Gasteiger partial charge in [-0.25, -0.2) is 4.68 Å². The molecular weight excluding hydrogens is 358 g/mol. The summed E-state index contributed by atoms with van der Waals surface area (Å²) in [6.07, 6.45) is 0. The number of aromatic nitrogens is 2. The molecule has 7 heteroatoms. The van der Waals surface area contributed by atoms with E-state index >= 15 is 0 Å². The fourth-order valence-electron chi connectivity index (χ4n) is 2.97. The van der Waals surface area contributed by atoms with Crippen LogP contribution in [0.2, 0.25) is 0 Å². The van der Waals surface area contributed by atoms with Crippen LogP contribution in [0.4, 0.5) is 0 Å². The van der Waals surface area contributed by atoms with Crippen LogP contribution in [-0.2, 0) is 13.1 Å². The second kappa shape index (κ2) is 8.12. The maximum atomic E-state index is 12.8. The summed E-state index contributed by atoms with van der Waals surface area (Å²) in [6.45, 7) is 4.64. The summed E-state index contributed by atoms with van der Waals surface area (Å²) in [7, 11) is 1.46.